The second-order valence-electron chi connectivity index (χ2n) is 5.99. The number of hydrogen-bond acceptors (Lipinski definition) is 4. The number of hydrogen-bond donors (Lipinski definition) is 1. The van der Waals surface area contributed by atoms with Gasteiger partial charge >= 0.3 is 0 Å². The van der Waals surface area contributed by atoms with Crippen LogP contribution in [0.25, 0.3) is 0 Å². The number of amides is 1. The van der Waals surface area contributed by atoms with Gasteiger partial charge < -0.3 is 20.3 Å². The molecule has 2 rings (SSSR count). The van der Waals surface area contributed by atoms with Gasteiger partial charge in [-0.1, -0.05) is 0 Å². The number of ether oxygens (including phenoxy) is 1. The summed E-state index contributed by atoms with van der Waals surface area (Å²) in [6, 6.07) is 5.20. The van der Waals surface area contributed by atoms with E-state index in [1.54, 1.807) is 25.3 Å². The monoisotopic (exact) mass is 291 g/mol. The lowest BCUT2D eigenvalue weighted by Crippen LogP contribution is -2.40. The maximum absolute atomic E-state index is 12.6. The van der Waals surface area contributed by atoms with Crippen molar-refractivity contribution in [2.45, 2.75) is 12.8 Å². The first kappa shape index (κ1) is 15.6. The Morgan fingerprint density at radius 2 is 2.00 bits per heavy atom. The molecule has 1 heterocycles. The third-order valence-corrected chi connectivity index (χ3v) is 3.94. The number of piperidine rings is 1. The van der Waals surface area contributed by atoms with Gasteiger partial charge in [0.15, 0.2) is 0 Å². The highest BCUT2D eigenvalue weighted by atomic mass is 16.5. The summed E-state index contributed by atoms with van der Waals surface area (Å²) in [7, 11) is 5.77. The summed E-state index contributed by atoms with van der Waals surface area (Å²) >= 11 is 0. The minimum atomic E-state index is 0.0453. The lowest BCUT2D eigenvalue weighted by Gasteiger charge is -2.33. The molecule has 116 valence electrons. The van der Waals surface area contributed by atoms with E-state index in [4.69, 9.17) is 10.5 Å². The number of nitrogens with two attached hydrogens (primary N) is 1. The van der Waals surface area contributed by atoms with Gasteiger partial charge in [-0.2, -0.15) is 0 Å². The molecule has 1 amide bonds. The van der Waals surface area contributed by atoms with Gasteiger partial charge in [0.25, 0.3) is 5.91 Å². The van der Waals surface area contributed by atoms with Crippen LogP contribution in [-0.2, 0) is 0 Å². The van der Waals surface area contributed by atoms with Crippen LogP contribution in [0.2, 0.25) is 0 Å². The van der Waals surface area contributed by atoms with Crippen molar-refractivity contribution in [3.8, 4) is 5.75 Å². The zero-order valence-electron chi connectivity index (χ0n) is 13.1. The number of nitrogen functional groups attached to an aromatic ring is 1. The van der Waals surface area contributed by atoms with Crippen molar-refractivity contribution in [3.05, 3.63) is 23.8 Å². The largest absolute Gasteiger partial charge is 0.497 e. The number of methoxy groups -OCH3 is 1. The summed E-state index contributed by atoms with van der Waals surface area (Å²) in [6.07, 6.45) is 2.12. The minimum absolute atomic E-state index is 0.0453. The molecular formula is C16H25N3O2. The van der Waals surface area contributed by atoms with Crippen LogP contribution in [0.15, 0.2) is 18.2 Å². The Morgan fingerprint density at radius 3 is 2.57 bits per heavy atom. The average molecular weight is 291 g/mol. The van der Waals surface area contributed by atoms with Crippen molar-refractivity contribution in [2.24, 2.45) is 5.92 Å². The molecule has 1 aromatic carbocycles. The summed E-state index contributed by atoms with van der Waals surface area (Å²) in [4.78, 5) is 16.7. The Balaban J connectivity index is 2.00. The number of carbonyl (C=O) groups excluding carboxylic acids is 1. The van der Waals surface area contributed by atoms with E-state index in [1.165, 1.54) is 0 Å². The highest BCUT2D eigenvalue weighted by Crippen LogP contribution is 2.23. The van der Waals surface area contributed by atoms with Gasteiger partial charge in [0, 0.05) is 37.0 Å². The molecule has 0 aromatic heterocycles. The highest BCUT2D eigenvalue weighted by Gasteiger charge is 2.24. The van der Waals surface area contributed by atoms with E-state index in [0.29, 0.717) is 22.9 Å². The standard InChI is InChI=1S/C16H25N3O2/c1-18(2)11-12-4-6-19(7-5-12)16(20)13-8-14(17)10-15(9-13)21-3/h8-10,12H,4-7,11,17H2,1-3H3. The van der Waals surface area contributed by atoms with Crippen LogP contribution in [0.4, 0.5) is 5.69 Å². The molecule has 5 nitrogen and oxygen atoms in total. The number of carbonyl (C=O) groups is 1. The third-order valence-electron chi connectivity index (χ3n) is 3.94. The number of rotatable bonds is 4. The fourth-order valence-corrected chi connectivity index (χ4v) is 2.88. The van der Waals surface area contributed by atoms with Crippen LogP contribution in [-0.4, -0.2) is 56.5 Å². The van der Waals surface area contributed by atoms with E-state index >= 15 is 0 Å². The number of benzene rings is 1. The first-order chi connectivity index (χ1) is 9.99. The van der Waals surface area contributed by atoms with E-state index in [1.807, 2.05) is 4.90 Å². The van der Waals surface area contributed by atoms with Crippen molar-refractivity contribution in [2.75, 3.05) is 46.6 Å². The van der Waals surface area contributed by atoms with Crippen molar-refractivity contribution in [3.63, 3.8) is 0 Å². The van der Waals surface area contributed by atoms with Crippen molar-refractivity contribution in [1.29, 1.82) is 0 Å². The Bertz CT molecular complexity index is 494. The second-order valence-corrected chi connectivity index (χ2v) is 5.99. The molecule has 1 fully saturated rings. The first-order valence-electron chi connectivity index (χ1n) is 7.38. The first-order valence-corrected chi connectivity index (χ1v) is 7.38. The Labute approximate surface area is 126 Å². The van der Waals surface area contributed by atoms with Crippen molar-refractivity contribution < 1.29 is 9.53 Å². The Kier molecular flexibility index (Phi) is 5.07. The van der Waals surface area contributed by atoms with Crippen LogP contribution in [0.5, 0.6) is 5.75 Å². The van der Waals surface area contributed by atoms with E-state index in [-0.39, 0.29) is 5.91 Å². The molecule has 1 aromatic rings. The third kappa shape index (κ3) is 4.11. The van der Waals surface area contributed by atoms with Gasteiger partial charge in [0.05, 0.1) is 7.11 Å². The molecule has 0 spiro atoms. The fourth-order valence-electron chi connectivity index (χ4n) is 2.88. The van der Waals surface area contributed by atoms with E-state index < -0.39 is 0 Å². The van der Waals surface area contributed by atoms with E-state index in [9.17, 15) is 4.79 Å². The molecule has 1 aliphatic heterocycles. The topological polar surface area (TPSA) is 58.8 Å². The molecule has 0 unspecified atom stereocenters. The van der Waals surface area contributed by atoms with Crippen LogP contribution in [0.1, 0.15) is 23.2 Å². The summed E-state index contributed by atoms with van der Waals surface area (Å²) in [5, 5.41) is 0. The Hall–Kier alpha value is -1.75. The lowest BCUT2D eigenvalue weighted by molar-refractivity contribution is 0.0677. The predicted molar refractivity (Wildman–Crippen MR) is 84.6 cm³/mol. The second kappa shape index (κ2) is 6.80. The maximum atomic E-state index is 12.6. The van der Waals surface area contributed by atoms with Crippen LogP contribution in [0.3, 0.4) is 0 Å². The summed E-state index contributed by atoms with van der Waals surface area (Å²) in [5.41, 5.74) is 6.99. The summed E-state index contributed by atoms with van der Waals surface area (Å²) < 4.78 is 5.18. The molecule has 2 N–H and O–H groups in total. The molecule has 0 bridgehead atoms. The fraction of sp³-hybridized carbons (Fsp3) is 0.562. The molecule has 0 radical (unpaired) electrons. The number of anilines is 1. The smallest absolute Gasteiger partial charge is 0.254 e. The van der Waals surface area contributed by atoms with E-state index in [2.05, 4.69) is 19.0 Å². The minimum Gasteiger partial charge on any atom is -0.497 e. The van der Waals surface area contributed by atoms with Crippen molar-refractivity contribution >= 4 is 11.6 Å². The lowest BCUT2D eigenvalue weighted by atomic mass is 9.96. The Morgan fingerprint density at radius 1 is 1.33 bits per heavy atom. The number of likely N-dealkylation sites (tertiary alicyclic amines) is 1. The maximum Gasteiger partial charge on any atom is 0.254 e. The number of nitrogens with zero attached hydrogens (tertiary/aromatic N) is 2. The van der Waals surface area contributed by atoms with Gasteiger partial charge in [-0.05, 0) is 45.0 Å². The van der Waals surface area contributed by atoms with Gasteiger partial charge in [-0.3, -0.25) is 4.79 Å². The molecule has 5 heteroatoms. The predicted octanol–water partition coefficient (Wildman–Crippen LogP) is 1.69. The quantitative estimate of drug-likeness (QED) is 0.858. The van der Waals surface area contributed by atoms with Crippen molar-refractivity contribution in [1.82, 2.24) is 9.80 Å². The molecule has 1 aliphatic rings. The van der Waals surface area contributed by atoms with Crippen LogP contribution >= 0.6 is 0 Å². The SMILES string of the molecule is COc1cc(N)cc(C(=O)N2CCC(CN(C)C)CC2)c1. The summed E-state index contributed by atoms with van der Waals surface area (Å²) in [5.74, 6) is 1.35. The molecule has 0 aliphatic carbocycles. The highest BCUT2D eigenvalue weighted by molar-refractivity contribution is 5.95. The molecular weight excluding hydrogens is 266 g/mol. The van der Waals surface area contributed by atoms with Crippen LogP contribution < -0.4 is 10.5 Å². The van der Waals surface area contributed by atoms with Gasteiger partial charge in [0.2, 0.25) is 0 Å². The molecule has 0 saturated carbocycles. The summed E-state index contributed by atoms with van der Waals surface area (Å²) in [6.45, 7) is 2.72. The average Bonchev–Trinajstić information content (AvgIpc) is 2.46. The van der Waals surface area contributed by atoms with Crippen LogP contribution in [0, 0.1) is 5.92 Å². The molecule has 0 atom stereocenters. The van der Waals surface area contributed by atoms with Gasteiger partial charge in [-0.15, -0.1) is 0 Å². The zero-order chi connectivity index (χ0) is 15.4. The zero-order valence-corrected chi connectivity index (χ0v) is 13.1. The molecule has 1 saturated heterocycles. The van der Waals surface area contributed by atoms with Gasteiger partial charge in [-0.25, -0.2) is 0 Å². The van der Waals surface area contributed by atoms with E-state index in [0.717, 1.165) is 32.5 Å². The normalized spacial score (nSPS) is 16.3. The van der Waals surface area contributed by atoms with Gasteiger partial charge in [0.1, 0.15) is 5.75 Å². The molecule has 21 heavy (non-hydrogen) atoms.